The molecule has 2 rings (SSSR count). The molecule has 1 saturated carbocycles. The lowest BCUT2D eigenvalue weighted by Gasteiger charge is -2.29. The molecule has 16 heavy (non-hydrogen) atoms. The van der Waals surface area contributed by atoms with E-state index in [1.54, 1.807) is 18.0 Å². The number of nitrogens with zero attached hydrogens (tertiary/aromatic N) is 2. The second-order valence-electron chi connectivity index (χ2n) is 4.56. The van der Waals surface area contributed by atoms with Crippen LogP contribution in [0.4, 0.5) is 0 Å². The lowest BCUT2D eigenvalue weighted by Crippen LogP contribution is -2.24. The molecule has 3 atom stereocenters. The molecule has 3 nitrogen and oxygen atoms in total. The van der Waals surface area contributed by atoms with E-state index >= 15 is 0 Å². The van der Waals surface area contributed by atoms with Crippen molar-refractivity contribution >= 4 is 11.8 Å². The fraction of sp³-hybridized carbons (Fsp3) is 0.667. The summed E-state index contributed by atoms with van der Waals surface area (Å²) in [4.78, 5) is 4.29. The van der Waals surface area contributed by atoms with Gasteiger partial charge in [-0.3, -0.25) is 0 Å². The number of nitriles is 1. The summed E-state index contributed by atoms with van der Waals surface area (Å²) < 4.78 is 5.34. The van der Waals surface area contributed by atoms with E-state index in [0.717, 1.165) is 18.5 Å². The van der Waals surface area contributed by atoms with Gasteiger partial charge >= 0.3 is 0 Å². The largest absolute Gasteiger partial charge is 0.440 e. The Morgan fingerprint density at radius 1 is 1.56 bits per heavy atom. The highest BCUT2D eigenvalue weighted by Crippen LogP contribution is 2.39. The fourth-order valence-corrected chi connectivity index (χ4v) is 3.47. The fourth-order valence-electron chi connectivity index (χ4n) is 2.12. The summed E-state index contributed by atoms with van der Waals surface area (Å²) in [5, 5.41) is 10.2. The molecule has 4 heteroatoms. The van der Waals surface area contributed by atoms with Crippen LogP contribution < -0.4 is 0 Å². The van der Waals surface area contributed by atoms with Crippen molar-refractivity contribution < 1.29 is 4.42 Å². The van der Waals surface area contributed by atoms with Crippen LogP contribution in [0.5, 0.6) is 0 Å². The van der Waals surface area contributed by atoms with Crippen LogP contribution >= 0.6 is 11.8 Å². The van der Waals surface area contributed by atoms with Crippen molar-refractivity contribution in [3.05, 3.63) is 12.0 Å². The molecule has 0 aromatic carbocycles. The quantitative estimate of drug-likeness (QED) is 0.789. The van der Waals surface area contributed by atoms with Gasteiger partial charge in [0, 0.05) is 5.25 Å². The lowest BCUT2D eigenvalue weighted by molar-refractivity contribution is 0.343. The van der Waals surface area contributed by atoms with Crippen LogP contribution in [0.25, 0.3) is 0 Å². The Labute approximate surface area is 100 Å². The molecule has 0 bridgehead atoms. The third kappa shape index (κ3) is 2.59. The van der Waals surface area contributed by atoms with E-state index < -0.39 is 0 Å². The van der Waals surface area contributed by atoms with Gasteiger partial charge in [-0.05, 0) is 32.1 Å². The molecule has 1 aromatic rings. The Morgan fingerprint density at radius 3 is 3.00 bits per heavy atom. The summed E-state index contributed by atoms with van der Waals surface area (Å²) in [6, 6.07) is 2.41. The minimum absolute atomic E-state index is 0.147. The molecule has 86 valence electrons. The normalized spacial score (nSPS) is 29.9. The summed E-state index contributed by atoms with van der Waals surface area (Å²) >= 11 is 1.62. The molecule has 0 spiro atoms. The molecule has 1 heterocycles. The van der Waals surface area contributed by atoms with Crippen LogP contribution in [0, 0.1) is 30.1 Å². The minimum Gasteiger partial charge on any atom is -0.440 e. The molecule has 3 unspecified atom stereocenters. The summed E-state index contributed by atoms with van der Waals surface area (Å²) in [6.45, 7) is 4.17. The van der Waals surface area contributed by atoms with Crippen molar-refractivity contribution in [3.63, 3.8) is 0 Å². The molecule has 0 saturated heterocycles. The van der Waals surface area contributed by atoms with Crippen LogP contribution in [0.1, 0.15) is 31.9 Å². The molecular formula is C12H16N2OS. The standard InChI is InChI=1S/C12H16N2OS/c1-8-3-4-10(6-13)11(5-8)16-12-14-9(2)7-15-12/h7-8,10-11H,3-5H2,1-2H3. The first kappa shape index (κ1) is 11.5. The summed E-state index contributed by atoms with van der Waals surface area (Å²) in [6.07, 6.45) is 4.93. The van der Waals surface area contributed by atoms with Crippen LogP contribution in [-0.4, -0.2) is 10.2 Å². The van der Waals surface area contributed by atoms with Gasteiger partial charge in [0.25, 0.3) is 5.22 Å². The average molecular weight is 236 g/mol. The number of hydrogen-bond acceptors (Lipinski definition) is 4. The first-order chi connectivity index (χ1) is 7.69. The number of aryl methyl sites for hydroxylation is 1. The Morgan fingerprint density at radius 2 is 2.38 bits per heavy atom. The van der Waals surface area contributed by atoms with Gasteiger partial charge < -0.3 is 4.42 Å². The molecule has 0 radical (unpaired) electrons. The molecule has 0 N–H and O–H groups in total. The molecular weight excluding hydrogens is 220 g/mol. The monoisotopic (exact) mass is 236 g/mol. The Balaban J connectivity index is 2.04. The van der Waals surface area contributed by atoms with Gasteiger partial charge in [0.1, 0.15) is 6.26 Å². The average Bonchev–Trinajstić information content (AvgIpc) is 2.64. The van der Waals surface area contributed by atoms with Gasteiger partial charge in [0.2, 0.25) is 0 Å². The zero-order valence-corrected chi connectivity index (χ0v) is 10.5. The summed E-state index contributed by atoms with van der Waals surface area (Å²) in [7, 11) is 0. The van der Waals surface area contributed by atoms with Crippen molar-refractivity contribution in [3.8, 4) is 6.07 Å². The van der Waals surface area contributed by atoms with E-state index in [2.05, 4.69) is 18.0 Å². The van der Waals surface area contributed by atoms with Crippen molar-refractivity contribution in [2.45, 2.75) is 43.6 Å². The van der Waals surface area contributed by atoms with E-state index in [0.29, 0.717) is 16.4 Å². The SMILES string of the molecule is Cc1coc(SC2CC(C)CCC2C#N)n1. The minimum atomic E-state index is 0.147. The molecule has 0 amide bonds. The van der Waals surface area contributed by atoms with Gasteiger partial charge in [-0.2, -0.15) is 5.26 Å². The molecule has 1 aromatic heterocycles. The zero-order valence-electron chi connectivity index (χ0n) is 9.64. The van der Waals surface area contributed by atoms with E-state index in [4.69, 9.17) is 9.68 Å². The topological polar surface area (TPSA) is 49.8 Å². The van der Waals surface area contributed by atoms with Gasteiger partial charge in [-0.15, -0.1) is 0 Å². The number of hydrogen-bond donors (Lipinski definition) is 0. The summed E-state index contributed by atoms with van der Waals surface area (Å²) in [5.41, 5.74) is 0.903. The number of oxazole rings is 1. The smallest absolute Gasteiger partial charge is 0.256 e. The number of thioether (sulfide) groups is 1. The van der Waals surface area contributed by atoms with E-state index in [-0.39, 0.29) is 5.92 Å². The predicted octanol–water partition coefficient (Wildman–Crippen LogP) is 3.40. The second-order valence-corrected chi connectivity index (χ2v) is 5.76. The highest BCUT2D eigenvalue weighted by Gasteiger charge is 2.30. The van der Waals surface area contributed by atoms with Gasteiger partial charge in [0.15, 0.2) is 0 Å². The Kier molecular flexibility index (Phi) is 3.55. The van der Waals surface area contributed by atoms with Crippen LogP contribution in [0.2, 0.25) is 0 Å². The third-order valence-corrected chi connectivity index (χ3v) is 4.28. The molecule has 1 aliphatic rings. The van der Waals surface area contributed by atoms with Crippen molar-refractivity contribution in [2.75, 3.05) is 0 Å². The Bertz CT molecular complexity index is 396. The Hall–Kier alpha value is -0.950. The molecule has 1 fully saturated rings. The zero-order chi connectivity index (χ0) is 11.5. The first-order valence-corrected chi connectivity index (χ1v) is 6.55. The van der Waals surface area contributed by atoms with E-state index in [1.165, 1.54) is 6.42 Å². The second kappa shape index (κ2) is 4.92. The maximum absolute atomic E-state index is 9.12. The number of rotatable bonds is 2. The van der Waals surface area contributed by atoms with E-state index in [1.807, 2.05) is 6.92 Å². The maximum Gasteiger partial charge on any atom is 0.256 e. The van der Waals surface area contributed by atoms with Crippen LogP contribution in [0.3, 0.4) is 0 Å². The first-order valence-electron chi connectivity index (χ1n) is 5.67. The lowest BCUT2D eigenvalue weighted by atomic mass is 9.83. The summed E-state index contributed by atoms with van der Waals surface area (Å²) in [5.74, 6) is 0.853. The maximum atomic E-state index is 9.12. The highest BCUT2D eigenvalue weighted by atomic mass is 32.2. The van der Waals surface area contributed by atoms with Crippen molar-refractivity contribution in [2.24, 2.45) is 11.8 Å². The molecule has 0 aliphatic heterocycles. The van der Waals surface area contributed by atoms with Gasteiger partial charge in [-0.25, -0.2) is 4.98 Å². The predicted molar refractivity (Wildman–Crippen MR) is 63.0 cm³/mol. The van der Waals surface area contributed by atoms with Gasteiger partial charge in [0.05, 0.1) is 17.7 Å². The van der Waals surface area contributed by atoms with E-state index in [9.17, 15) is 0 Å². The number of aromatic nitrogens is 1. The van der Waals surface area contributed by atoms with Crippen LogP contribution in [0.15, 0.2) is 15.9 Å². The third-order valence-electron chi connectivity index (χ3n) is 3.07. The highest BCUT2D eigenvalue weighted by molar-refractivity contribution is 7.99. The molecule has 1 aliphatic carbocycles. The van der Waals surface area contributed by atoms with Gasteiger partial charge in [-0.1, -0.05) is 18.7 Å². The van der Waals surface area contributed by atoms with Crippen LogP contribution in [-0.2, 0) is 0 Å². The van der Waals surface area contributed by atoms with Crippen molar-refractivity contribution in [1.82, 2.24) is 4.98 Å². The van der Waals surface area contributed by atoms with Crippen molar-refractivity contribution in [1.29, 1.82) is 5.26 Å².